The van der Waals surface area contributed by atoms with Gasteiger partial charge in [0.25, 0.3) is 0 Å². The Kier molecular flexibility index (Phi) is 1.83. The van der Waals surface area contributed by atoms with Gasteiger partial charge in [-0.3, -0.25) is 9.59 Å². The molecule has 0 aromatic heterocycles. The Labute approximate surface area is 101 Å². The third-order valence-corrected chi connectivity index (χ3v) is 5.72. The molecule has 0 amide bonds. The molecule has 2 nitrogen and oxygen atoms in total. The molecule has 2 bridgehead atoms. The van der Waals surface area contributed by atoms with Gasteiger partial charge in [0.05, 0.1) is 5.41 Å². The minimum atomic E-state index is -0.531. The van der Waals surface area contributed by atoms with Crippen LogP contribution in [0.3, 0.4) is 0 Å². The Morgan fingerprint density at radius 2 is 1.41 bits per heavy atom. The van der Waals surface area contributed by atoms with E-state index >= 15 is 0 Å². The van der Waals surface area contributed by atoms with E-state index in [1.54, 1.807) is 0 Å². The van der Waals surface area contributed by atoms with Gasteiger partial charge in [0.15, 0.2) is 11.6 Å². The standard InChI is InChI=1S/C15H18O2/c16-13-11-9-4-5-10(8-9)12(11)14(17)15(13)6-2-1-3-7-15/h4-5,9-12H,1-3,6-8H2/t9-,10+,11+,12-. The van der Waals surface area contributed by atoms with Crippen LogP contribution in [-0.2, 0) is 9.59 Å². The number of hydrogen-bond acceptors (Lipinski definition) is 2. The van der Waals surface area contributed by atoms with Crippen LogP contribution in [0.1, 0.15) is 38.5 Å². The maximum Gasteiger partial charge on any atom is 0.150 e. The second-order valence-corrected chi connectivity index (χ2v) is 6.37. The summed E-state index contributed by atoms with van der Waals surface area (Å²) in [6, 6.07) is 0. The van der Waals surface area contributed by atoms with Crippen molar-refractivity contribution in [3.05, 3.63) is 12.2 Å². The average molecular weight is 230 g/mol. The van der Waals surface area contributed by atoms with Gasteiger partial charge in [-0.1, -0.05) is 31.4 Å². The van der Waals surface area contributed by atoms with E-state index in [0.717, 1.165) is 32.1 Å². The van der Waals surface area contributed by atoms with Crippen LogP contribution in [0, 0.1) is 29.1 Å². The van der Waals surface area contributed by atoms with Gasteiger partial charge in [-0.2, -0.15) is 0 Å². The summed E-state index contributed by atoms with van der Waals surface area (Å²) in [6.07, 6.45) is 10.5. The summed E-state index contributed by atoms with van der Waals surface area (Å²) in [5, 5.41) is 0. The predicted octanol–water partition coefficient (Wildman–Crippen LogP) is 2.53. The highest BCUT2D eigenvalue weighted by Crippen LogP contribution is 2.60. The molecule has 17 heavy (non-hydrogen) atoms. The van der Waals surface area contributed by atoms with Gasteiger partial charge in [0, 0.05) is 11.8 Å². The fraction of sp³-hybridized carbons (Fsp3) is 0.733. The Balaban J connectivity index is 1.77. The number of Topliss-reactive ketones (excluding diaryl/α,β-unsaturated/α-hetero) is 2. The largest absolute Gasteiger partial charge is 0.298 e. The summed E-state index contributed by atoms with van der Waals surface area (Å²) in [6.45, 7) is 0. The molecule has 0 radical (unpaired) electrons. The predicted molar refractivity (Wildman–Crippen MR) is 63.2 cm³/mol. The van der Waals surface area contributed by atoms with E-state index in [2.05, 4.69) is 12.2 Å². The van der Waals surface area contributed by atoms with Gasteiger partial charge in [0.1, 0.15) is 0 Å². The van der Waals surface area contributed by atoms with Crippen LogP contribution >= 0.6 is 0 Å². The molecule has 0 aliphatic heterocycles. The number of ketones is 2. The molecule has 2 heteroatoms. The molecule has 0 saturated heterocycles. The van der Waals surface area contributed by atoms with Crippen molar-refractivity contribution in [1.29, 1.82) is 0 Å². The molecule has 0 unspecified atom stereocenters. The van der Waals surface area contributed by atoms with E-state index in [1.165, 1.54) is 6.42 Å². The topological polar surface area (TPSA) is 34.1 Å². The quantitative estimate of drug-likeness (QED) is 0.473. The monoisotopic (exact) mass is 230 g/mol. The van der Waals surface area contributed by atoms with Gasteiger partial charge >= 0.3 is 0 Å². The third-order valence-electron chi connectivity index (χ3n) is 5.72. The summed E-state index contributed by atoms with van der Waals surface area (Å²) in [4.78, 5) is 25.4. The minimum absolute atomic E-state index is 0.0654. The van der Waals surface area contributed by atoms with E-state index in [9.17, 15) is 9.59 Å². The molecule has 0 aromatic carbocycles. The Bertz CT molecular complexity index is 396. The van der Waals surface area contributed by atoms with Gasteiger partial charge in [-0.15, -0.1) is 0 Å². The Hall–Kier alpha value is -0.920. The van der Waals surface area contributed by atoms with E-state index < -0.39 is 5.41 Å². The number of carbonyl (C=O) groups excluding carboxylic acids is 2. The van der Waals surface area contributed by atoms with Crippen LogP contribution < -0.4 is 0 Å². The molecule has 4 atom stereocenters. The molecule has 1 spiro atoms. The normalized spacial score (nSPS) is 45.9. The lowest BCUT2D eigenvalue weighted by atomic mass is 9.69. The zero-order valence-corrected chi connectivity index (χ0v) is 10.0. The Morgan fingerprint density at radius 1 is 0.882 bits per heavy atom. The van der Waals surface area contributed by atoms with Crippen molar-refractivity contribution in [2.24, 2.45) is 29.1 Å². The number of rotatable bonds is 0. The lowest BCUT2D eigenvalue weighted by molar-refractivity contribution is -0.139. The second kappa shape index (κ2) is 3.09. The third kappa shape index (κ3) is 1.03. The van der Waals surface area contributed by atoms with Crippen molar-refractivity contribution in [3.8, 4) is 0 Å². The molecule has 4 aliphatic rings. The van der Waals surface area contributed by atoms with Crippen LogP contribution in [0.2, 0.25) is 0 Å². The molecule has 3 fully saturated rings. The summed E-state index contributed by atoms with van der Waals surface area (Å²) < 4.78 is 0. The van der Waals surface area contributed by atoms with Crippen LogP contribution in [0.4, 0.5) is 0 Å². The highest BCUT2D eigenvalue weighted by atomic mass is 16.2. The van der Waals surface area contributed by atoms with E-state index in [-0.39, 0.29) is 11.8 Å². The van der Waals surface area contributed by atoms with Crippen LogP contribution in [0.15, 0.2) is 12.2 Å². The summed E-state index contributed by atoms with van der Waals surface area (Å²) in [5.41, 5.74) is -0.531. The fourth-order valence-corrected chi connectivity index (χ4v) is 4.94. The maximum absolute atomic E-state index is 12.7. The zero-order chi connectivity index (χ0) is 11.6. The van der Waals surface area contributed by atoms with E-state index in [4.69, 9.17) is 0 Å². The van der Waals surface area contributed by atoms with Gasteiger partial charge in [0.2, 0.25) is 0 Å². The zero-order valence-electron chi connectivity index (χ0n) is 10.0. The van der Waals surface area contributed by atoms with E-state index in [0.29, 0.717) is 23.4 Å². The average Bonchev–Trinajstić information content (AvgIpc) is 3.01. The first-order valence-electron chi connectivity index (χ1n) is 7.01. The molecule has 0 aromatic rings. The SMILES string of the molecule is O=C1[C@@H]2[C@H](C(=O)C13CCCCC3)[C@H]1C=C[C@@H]2C1. The van der Waals surface area contributed by atoms with Crippen LogP contribution in [0.25, 0.3) is 0 Å². The summed E-state index contributed by atoms with van der Waals surface area (Å²) in [7, 11) is 0. The summed E-state index contributed by atoms with van der Waals surface area (Å²) in [5.74, 6) is 1.56. The molecule has 90 valence electrons. The maximum atomic E-state index is 12.7. The van der Waals surface area contributed by atoms with Gasteiger partial charge in [-0.05, 0) is 31.1 Å². The summed E-state index contributed by atoms with van der Waals surface area (Å²) >= 11 is 0. The molecular formula is C15H18O2. The lowest BCUT2D eigenvalue weighted by Crippen LogP contribution is -2.37. The first-order valence-corrected chi connectivity index (χ1v) is 7.01. The molecule has 3 saturated carbocycles. The number of hydrogen-bond donors (Lipinski definition) is 0. The molecule has 0 N–H and O–H groups in total. The molecule has 4 rings (SSSR count). The van der Waals surface area contributed by atoms with Crippen LogP contribution in [-0.4, -0.2) is 11.6 Å². The highest BCUT2D eigenvalue weighted by molar-refractivity contribution is 6.16. The minimum Gasteiger partial charge on any atom is -0.298 e. The lowest BCUT2D eigenvalue weighted by Gasteiger charge is -2.31. The molecule has 4 aliphatic carbocycles. The fourth-order valence-electron chi connectivity index (χ4n) is 4.94. The van der Waals surface area contributed by atoms with E-state index in [1.807, 2.05) is 0 Å². The first-order chi connectivity index (χ1) is 8.24. The molecular weight excluding hydrogens is 212 g/mol. The van der Waals surface area contributed by atoms with Gasteiger partial charge < -0.3 is 0 Å². The molecule has 0 heterocycles. The van der Waals surface area contributed by atoms with Crippen molar-refractivity contribution in [2.45, 2.75) is 38.5 Å². The van der Waals surface area contributed by atoms with Gasteiger partial charge in [-0.25, -0.2) is 0 Å². The second-order valence-electron chi connectivity index (χ2n) is 6.37. The van der Waals surface area contributed by atoms with Crippen LogP contribution in [0.5, 0.6) is 0 Å². The Morgan fingerprint density at radius 3 is 1.94 bits per heavy atom. The first kappa shape index (κ1) is 10.0. The van der Waals surface area contributed by atoms with Crippen molar-refractivity contribution < 1.29 is 9.59 Å². The smallest absolute Gasteiger partial charge is 0.150 e. The number of carbonyl (C=O) groups is 2. The number of allylic oxidation sites excluding steroid dienone is 2. The number of fused-ring (bicyclic) bond motifs is 5. The van der Waals surface area contributed by atoms with Crippen molar-refractivity contribution in [3.63, 3.8) is 0 Å². The highest BCUT2D eigenvalue weighted by Gasteiger charge is 2.66. The van der Waals surface area contributed by atoms with Crippen molar-refractivity contribution in [1.82, 2.24) is 0 Å². The van der Waals surface area contributed by atoms with Crippen molar-refractivity contribution in [2.75, 3.05) is 0 Å². The van der Waals surface area contributed by atoms with Crippen molar-refractivity contribution >= 4 is 11.6 Å².